The molecule has 0 radical (unpaired) electrons. The van der Waals surface area contributed by atoms with E-state index in [9.17, 15) is 0 Å². The van der Waals surface area contributed by atoms with Crippen LogP contribution in [-0.2, 0) is 0 Å². The topological polar surface area (TPSA) is 62.5 Å². The normalized spacial score (nSPS) is 20.4. The fourth-order valence-electron chi connectivity index (χ4n) is 3.38. The second-order valence-corrected chi connectivity index (χ2v) is 6.32. The van der Waals surface area contributed by atoms with Gasteiger partial charge in [0.2, 0.25) is 0 Å². The largest absolute Gasteiger partial charge is 0.350 e. The van der Waals surface area contributed by atoms with Gasteiger partial charge in [-0.25, -0.2) is 0 Å². The van der Waals surface area contributed by atoms with Crippen LogP contribution in [0.3, 0.4) is 0 Å². The van der Waals surface area contributed by atoms with Gasteiger partial charge >= 0.3 is 0 Å². The summed E-state index contributed by atoms with van der Waals surface area (Å²) in [7, 11) is 0. The van der Waals surface area contributed by atoms with E-state index in [-0.39, 0.29) is 0 Å². The number of hydrogen-bond donors (Lipinski definition) is 0. The Bertz CT molecular complexity index is 816. The molecule has 24 heavy (non-hydrogen) atoms. The van der Waals surface area contributed by atoms with Crippen LogP contribution in [-0.4, -0.2) is 55.4 Å². The molecule has 0 saturated carbocycles. The van der Waals surface area contributed by atoms with Gasteiger partial charge < -0.3 is 4.90 Å². The van der Waals surface area contributed by atoms with Gasteiger partial charge in [0.05, 0.1) is 0 Å². The summed E-state index contributed by atoms with van der Waals surface area (Å²) < 4.78 is 1.73. The summed E-state index contributed by atoms with van der Waals surface area (Å²) in [5.41, 5.74) is 2.04. The molecule has 0 spiro atoms. The van der Waals surface area contributed by atoms with Crippen molar-refractivity contribution in [1.29, 1.82) is 0 Å². The Morgan fingerprint density at radius 3 is 2.92 bits per heavy atom. The van der Waals surface area contributed by atoms with E-state index in [1.807, 2.05) is 30.6 Å². The smallest absolute Gasteiger partial charge is 0.177 e. The number of nitrogens with zero attached hydrogens (tertiary/aromatic N) is 7. The molecule has 7 heteroatoms. The molecule has 4 heterocycles. The number of aromatic nitrogens is 5. The van der Waals surface area contributed by atoms with E-state index in [0.717, 1.165) is 31.1 Å². The Morgan fingerprint density at radius 2 is 2.12 bits per heavy atom. The van der Waals surface area contributed by atoms with Gasteiger partial charge in [-0.05, 0) is 37.6 Å². The quantitative estimate of drug-likeness (QED) is 0.732. The van der Waals surface area contributed by atoms with Gasteiger partial charge in [-0.3, -0.25) is 9.88 Å². The van der Waals surface area contributed by atoms with E-state index in [1.54, 1.807) is 10.8 Å². The lowest BCUT2D eigenvalue weighted by Gasteiger charge is -2.43. The number of fused-ring (bicyclic) bond motifs is 1. The number of pyridine rings is 1. The van der Waals surface area contributed by atoms with Crippen LogP contribution in [0, 0.1) is 0 Å². The Kier molecular flexibility index (Phi) is 3.86. The summed E-state index contributed by atoms with van der Waals surface area (Å²) in [6.45, 7) is 7.45. The first-order valence-electron chi connectivity index (χ1n) is 8.30. The van der Waals surface area contributed by atoms with Crippen molar-refractivity contribution in [2.45, 2.75) is 25.9 Å². The highest BCUT2D eigenvalue weighted by molar-refractivity contribution is 5.46. The predicted molar refractivity (Wildman–Crippen MR) is 91.8 cm³/mol. The summed E-state index contributed by atoms with van der Waals surface area (Å²) in [5.74, 6) is 0.975. The average Bonchev–Trinajstić information content (AvgIpc) is 3.09. The van der Waals surface area contributed by atoms with Crippen LogP contribution in [0.25, 0.3) is 5.65 Å². The minimum Gasteiger partial charge on any atom is -0.350 e. The molecule has 0 aromatic carbocycles. The molecule has 1 aliphatic heterocycles. The minimum atomic E-state index is 0.372. The maximum Gasteiger partial charge on any atom is 0.177 e. The highest BCUT2D eigenvalue weighted by atomic mass is 15.4. The van der Waals surface area contributed by atoms with Gasteiger partial charge in [0.25, 0.3) is 0 Å². The maximum atomic E-state index is 4.63. The third-order valence-electron chi connectivity index (χ3n) is 4.82. The summed E-state index contributed by atoms with van der Waals surface area (Å²) in [5, 5.41) is 12.5. The summed E-state index contributed by atoms with van der Waals surface area (Å²) in [6.07, 6.45) is 5.43. The van der Waals surface area contributed by atoms with Crippen molar-refractivity contribution in [3.05, 3.63) is 48.5 Å². The van der Waals surface area contributed by atoms with Gasteiger partial charge in [0.1, 0.15) is 12.1 Å². The zero-order valence-electron chi connectivity index (χ0n) is 13.9. The molecule has 4 rings (SSSR count). The lowest BCUT2D eigenvalue weighted by molar-refractivity contribution is 0.175. The SMILES string of the molecule is C[C@@H]1CN([C@@H](C)c2cccnc2)CCN1c1ccc2nncn2n1. The zero-order valence-corrected chi connectivity index (χ0v) is 13.9. The van der Waals surface area contributed by atoms with E-state index in [0.29, 0.717) is 12.1 Å². The van der Waals surface area contributed by atoms with Crippen LogP contribution in [0.4, 0.5) is 5.82 Å². The average molecular weight is 323 g/mol. The fourth-order valence-corrected chi connectivity index (χ4v) is 3.38. The van der Waals surface area contributed by atoms with E-state index >= 15 is 0 Å². The molecule has 2 atom stereocenters. The molecular formula is C17H21N7. The molecule has 0 amide bonds. The van der Waals surface area contributed by atoms with Gasteiger partial charge in [-0.1, -0.05) is 6.07 Å². The first kappa shape index (κ1) is 15.0. The van der Waals surface area contributed by atoms with Crippen LogP contribution in [0.1, 0.15) is 25.5 Å². The molecule has 7 nitrogen and oxygen atoms in total. The highest BCUT2D eigenvalue weighted by Gasteiger charge is 2.28. The maximum absolute atomic E-state index is 4.63. The molecule has 3 aromatic heterocycles. The van der Waals surface area contributed by atoms with Crippen LogP contribution >= 0.6 is 0 Å². The third kappa shape index (κ3) is 2.71. The van der Waals surface area contributed by atoms with Crippen LogP contribution in [0.15, 0.2) is 43.0 Å². The van der Waals surface area contributed by atoms with Crippen molar-refractivity contribution >= 4 is 11.5 Å². The van der Waals surface area contributed by atoms with E-state index in [4.69, 9.17) is 0 Å². The number of anilines is 1. The predicted octanol–water partition coefficient (Wildman–Crippen LogP) is 1.79. The standard InChI is InChI=1S/C17H21N7/c1-13-11-22(14(2)15-4-3-7-18-10-15)8-9-23(13)17-6-5-16-20-19-12-24(16)21-17/h3-7,10,12-14H,8-9,11H2,1-2H3/t13-,14+/m1/s1. The van der Waals surface area contributed by atoms with Crippen molar-refractivity contribution in [3.8, 4) is 0 Å². The van der Waals surface area contributed by atoms with Crippen LogP contribution in [0.2, 0.25) is 0 Å². The first-order chi connectivity index (χ1) is 11.7. The van der Waals surface area contributed by atoms with Gasteiger partial charge in [-0.2, -0.15) is 4.52 Å². The Morgan fingerprint density at radius 1 is 1.21 bits per heavy atom. The summed E-state index contributed by atoms with van der Waals surface area (Å²) in [4.78, 5) is 9.11. The van der Waals surface area contributed by atoms with Crippen molar-refractivity contribution in [3.63, 3.8) is 0 Å². The highest BCUT2D eigenvalue weighted by Crippen LogP contribution is 2.25. The second-order valence-electron chi connectivity index (χ2n) is 6.32. The van der Waals surface area contributed by atoms with Gasteiger partial charge in [0, 0.05) is 44.1 Å². The van der Waals surface area contributed by atoms with E-state index in [2.05, 4.69) is 50.0 Å². The van der Waals surface area contributed by atoms with Crippen LogP contribution in [0.5, 0.6) is 0 Å². The van der Waals surface area contributed by atoms with E-state index in [1.165, 1.54) is 5.56 Å². The van der Waals surface area contributed by atoms with Crippen molar-refractivity contribution in [2.24, 2.45) is 0 Å². The van der Waals surface area contributed by atoms with Crippen LogP contribution < -0.4 is 4.90 Å². The molecule has 3 aromatic rings. The zero-order chi connectivity index (χ0) is 16.5. The van der Waals surface area contributed by atoms with Crippen molar-refractivity contribution < 1.29 is 0 Å². The second kappa shape index (κ2) is 6.16. The molecule has 0 aliphatic carbocycles. The van der Waals surface area contributed by atoms with Crippen molar-refractivity contribution in [1.82, 2.24) is 29.7 Å². The monoisotopic (exact) mass is 323 g/mol. The first-order valence-corrected chi connectivity index (χ1v) is 8.30. The summed E-state index contributed by atoms with van der Waals surface area (Å²) in [6, 6.07) is 8.91. The lowest BCUT2D eigenvalue weighted by Crippen LogP contribution is -2.52. The Balaban J connectivity index is 1.50. The Labute approximate surface area is 140 Å². The van der Waals surface area contributed by atoms with Gasteiger partial charge in [0.15, 0.2) is 5.65 Å². The lowest BCUT2D eigenvalue weighted by atomic mass is 10.1. The third-order valence-corrected chi connectivity index (χ3v) is 4.82. The van der Waals surface area contributed by atoms with E-state index < -0.39 is 0 Å². The summed E-state index contributed by atoms with van der Waals surface area (Å²) >= 11 is 0. The Hall–Kier alpha value is -2.54. The fraction of sp³-hybridized carbons (Fsp3) is 0.412. The van der Waals surface area contributed by atoms with Crippen molar-refractivity contribution in [2.75, 3.05) is 24.5 Å². The molecule has 1 aliphatic rings. The number of rotatable bonds is 3. The molecular weight excluding hydrogens is 302 g/mol. The minimum absolute atomic E-state index is 0.372. The molecule has 1 fully saturated rings. The van der Waals surface area contributed by atoms with Gasteiger partial charge in [-0.15, -0.1) is 15.3 Å². The molecule has 0 N–H and O–H groups in total. The number of hydrogen-bond acceptors (Lipinski definition) is 6. The molecule has 1 saturated heterocycles. The molecule has 0 unspecified atom stereocenters. The number of piperazine rings is 1. The molecule has 124 valence electrons. The molecule has 0 bridgehead atoms.